The van der Waals surface area contributed by atoms with Crippen molar-refractivity contribution in [3.05, 3.63) is 119 Å². The minimum absolute atomic E-state index is 0.156. The van der Waals surface area contributed by atoms with Gasteiger partial charge in [0.25, 0.3) is 11.8 Å². The fourth-order valence-electron chi connectivity index (χ4n) is 4.22. The van der Waals surface area contributed by atoms with E-state index >= 15 is 0 Å². The number of hydrogen-bond acceptors (Lipinski definition) is 5. The monoisotopic (exact) mass is 542 g/mol. The Morgan fingerprint density at radius 2 is 1.37 bits per heavy atom. The molecule has 38 heavy (non-hydrogen) atoms. The van der Waals surface area contributed by atoms with Gasteiger partial charge >= 0.3 is 5.97 Å². The molecule has 1 aliphatic rings. The number of nitrogens with zero attached hydrogens (tertiary/aromatic N) is 1. The van der Waals surface area contributed by atoms with E-state index in [1.54, 1.807) is 40.9 Å². The molecule has 0 spiro atoms. The summed E-state index contributed by atoms with van der Waals surface area (Å²) in [4.78, 5) is 42.7. The number of halogens is 1. The number of benzene rings is 4. The molecule has 1 atom stereocenters. The molecule has 0 fully saturated rings. The lowest BCUT2D eigenvalue weighted by atomic mass is 10.0. The summed E-state index contributed by atoms with van der Waals surface area (Å²) in [5, 5.41) is 3.19. The quantitative estimate of drug-likeness (QED) is 0.267. The fourth-order valence-corrected chi connectivity index (χ4v) is 5.50. The van der Waals surface area contributed by atoms with Crippen molar-refractivity contribution in [2.45, 2.75) is 22.3 Å². The molecule has 5 rings (SSSR count). The zero-order valence-electron chi connectivity index (χ0n) is 20.2. The van der Waals surface area contributed by atoms with Crippen LogP contribution in [0.25, 0.3) is 0 Å². The van der Waals surface area contributed by atoms with Gasteiger partial charge in [-0.15, -0.1) is 0 Å². The summed E-state index contributed by atoms with van der Waals surface area (Å²) >= 11 is 7.78. The molecule has 0 unspecified atom stereocenters. The summed E-state index contributed by atoms with van der Waals surface area (Å²) in [6.07, 6.45) is -0.156. The maximum Gasteiger partial charge on any atom is 0.308 e. The van der Waals surface area contributed by atoms with E-state index in [2.05, 4.69) is 5.32 Å². The molecule has 1 N–H and O–H groups in total. The molecule has 0 radical (unpaired) electrons. The van der Waals surface area contributed by atoms with Gasteiger partial charge in [0.05, 0.1) is 34.4 Å². The van der Waals surface area contributed by atoms with Crippen LogP contribution in [0, 0.1) is 0 Å². The molecule has 2 amide bonds. The normalized spacial score (nSPS) is 12.6. The highest BCUT2D eigenvalue weighted by Crippen LogP contribution is 2.47. The number of fused-ring (bicyclic) bond motifs is 2. The van der Waals surface area contributed by atoms with Gasteiger partial charge in [0.2, 0.25) is 0 Å². The second kappa shape index (κ2) is 11.5. The first-order valence-electron chi connectivity index (χ1n) is 12.0. The predicted octanol–water partition coefficient (Wildman–Crippen LogP) is 6.57. The number of anilines is 2. The molecule has 0 saturated heterocycles. The topological polar surface area (TPSA) is 75.7 Å². The zero-order valence-corrected chi connectivity index (χ0v) is 21.7. The number of esters is 1. The SMILES string of the molecule is O=C(C[C@H](NC(=O)c1ccccc1Cl)c1ccccc1)OCC(=O)N1c2ccccc2Sc2ccccc21. The van der Waals surface area contributed by atoms with Crippen LogP contribution in [-0.2, 0) is 14.3 Å². The van der Waals surface area contributed by atoms with E-state index in [1.165, 1.54) is 0 Å². The third kappa shape index (κ3) is 5.59. The van der Waals surface area contributed by atoms with Crippen molar-refractivity contribution < 1.29 is 19.1 Å². The fraction of sp³-hybridized carbons (Fsp3) is 0.100. The third-order valence-electron chi connectivity index (χ3n) is 6.03. The van der Waals surface area contributed by atoms with Crippen LogP contribution in [-0.4, -0.2) is 24.4 Å². The third-order valence-corrected chi connectivity index (χ3v) is 7.49. The van der Waals surface area contributed by atoms with E-state index in [9.17, 15) is 14.4 Å². The zero-order chi connectivity index (χ0) is 26.5. The maximum atomic E-state index is 13.3. The number of carbonyl (C=O) groups excluding carboxylic acids is 3. The minimum atomic E-state index is -0.671. The minimum Gasteiger partial charge on any atom is -0.455 e. The van der Waals surface area contributed by atoms with E-state index < -0.39 is 24.5 Å². The van der Waals surface area contributed by atoms with Crippen LogP contribution in [0.1, 0.15) is 28.4 Å². The molecule has 190 valence electrons. The van der Waals surface area contributed by atoms with E-state index in [0.717, 1.165) is 26.7 Å². The number of para-hydroxylation sites is 2. The van der Waals surface area contributed by atoms with Crippen molar-refractivity contribution in [2.75, 3.05) is 11.5 Å². The van der Waals surface area contributed by atoms with Crippen LogP contribution >= 0.6 is 23.4 Å². The summed E-state index contributed by atoms with van der Waals surface area (Å²) in [7, 11) is 0. The second-order valence-electron chi connectivity index (χ2n) is 8.55. The molecule has 1 heterocycles. The molecule has 1 aliphatic heterocycles. The highest BCUT2D eigenvalue weighted by molar-refractivity contribution is 7.99. The molecule has 6 nitrogen and oxygen atoms in total. The second-order valence-corrected chi connectivity index (χ2v) is 10.0. The van der Waals surface area contributed by atoms with Crippen molar-refractivity contribution >= 4 is 52.5 Å². The summed E-state index contributed by atoms with van der Waals surface area (Å²) < 4.78 is 5.44. The molecule has 8 heteroatoms. The van der Waals surface area contributed by atoms with Crippen LogP contribution in [0.3, 0.4) is 0 Å². The largest absolute Gasteiger partial charge is 0.455 e. The van der Waals surface area contributed by atoms with E-state index in [0.29, 0.717) is 10.6 Å². The maximum absolute atomic E-state index is 13.3. The Balaban J connectivity index is 1.30. The number of rotatable bonds is 7. The average Bonchev–Trinajstić information content (AvgIpc) is 2.95. The number of ether oxygens (including phenoxy) is 1. The first kappa shape index (κ1) is 25.6. The molecule has 4 aromatic rings. The Kier molecular flexibility index (Phi) is 7.77. The van der Waals surface area contributed by atoms with Gasteiger partial charge < -0.3 is 10.1 Å². The smallest absolute Gasteiger partial charge is 0.308 e. The number of nitrogens with one attached hydrogen (secondary N) is 1. The number of amides is 2. The molecule has 0 bridgehead atoms. The lowest BCUT2D eigenvalue weighted by Gasteiger charge is -2.30. The van der Waals surface area contributed by atoms with Gasteiger partial charge in [-0.3, -0.25) is 19.3 Å². The van der Waals surface area contributed by atoms with Gasteiger partial charge in [-0.05, 0) is 42.0 Å². The summed E-state index contributed by atoms with van der Waals surface area (Å²) in [6, 6.07) is 30.4. The number of hydrogen-bond donors (Lipinski definition) is 1. The van der Waals surface area contributed by atoms with Gasteiger partial charge in [-0.1, -0.05) is 90.1 Å². The van der Waals surface area contributed by atoms with Crippen molar-refractivity contribution in [3.63, 3.8) is 0 Å². The van der Waals surface area contributed by atoms with Gasteiger partial charge in [0, 0.05) is 9.79 Å². The summed E-state index contributed by atoms with van der Waals surface area (Å²) in [5.74, 6) is -1.39. The predicted molar refractivity (Wildman–Crippen MR) is 148 cm³/mol. The van der Waals surface area contributed by atoms with Gasteiger partial charge in [0.15, 0.2) is 6.61 Å². The molecule has 0 saturated carbocycles. The van der Waals surface area contributed by atoms with Crippen LogP contribution in [0.15, 0.2) is 113 Å². The van der Waals surface area contributed by atoms with E-state index in [-0.39, 0.29) is 12.3 Å². The molecular formula is C30H23ClN2O4S. The van der Waals surface area contributed by atoms with Crippen molar-refractivity contribution in [1.29, 1.82) is 0 Å². The Hall–Kier alpha value is -4.07. The van der Waals surface area contributed by atoms with Crippen molar-refractivity contribution in [2.24, 2.45) is 0 Å². The van der Waals surface area contributed by atoms with Crippen LogP contribution in [0.2, 0.25) is 5.02 Å². The lowest BCUT2D eigenvalue weighted by Crippen LogP contribution is -2.34. The standard InChI is InChI=1S/C30H23ClN2O4S/c31-22-13-5-4-12-21(22)30(36)32-23(20-10-2-1-3-11-20)18-29(35)37-19-28(34)33-24-14-6-8-16-26(24)38-27-17-9-7-15-25(27)33/h1-17,23H,18-19H2,(H,32,36)/t23-/m0/s1. The van der Waals surface area contributed by atoms with Gasteiger partial charge in [-0.25, -0.2) is 0 Å². The summed E-state index contributed by atoms with van der Waals surface area (Å²) in [6.45, 7) is -0.438. The molecule has 0 aromatic heterocycles. The van der Waals surface area contributed by atoms with Crippen LogP contribution in [0.4, 0.5) is 11.4 Å². The number of carbonyl (C=O) groups is 3. The Morgan fingerprint density at radius 3 is 2.03 bits per heavy atom. The molecule has 4 aromatic carbocycles. The lowest BCUT2D eigenvalue weighted by molar-refractivity contribution is -0.148. The Labute approximate surface area is 229 Å². The Morgan fingerprint density at radius 1 is 0.789 bits per heavy atom. The summed E-state index contributed by atoms with van der Waals surface area (Å²) in [5.41, 5.74) is 2.52. The first-order valence-corrected chi connectivity index (χ1v) is 13.2. The van der Waals surface area contributed by atoms with E-state index in [1.807, 2.05) is 78.9 Å². The Bertz CT molecular complexity index is 1450. The van der Waals surface area contributed by atoms with Crippen LogP contribution < -0.4 is 10.2 Å². The first-order chi connectivity index (χ1) is 18.5. The highest BCUT2D eigenvalue weighted by Gasteiger charge is 2.29. The van der Waals surface area contributed by atoms with Crippen molar-refractivity contribution in [3.8, 4) is 0 Å². The van der Waals surface area contributed by atoms with Gasteiger partial charge in [-0.2, -0.15) is 0 Å². The van der Waals surface area contributed by atoms with Gasteiger partial charge in [0.1, 0.15) is 0 Å². The van der Waals surface area contributed by atoms with Crippen molar-refractivity contribution in [1.82, 2.24) is 5.32 Å². The molecular weight excluding hydrogens is 520 g/mol. The highest BCUT2D eigenvalue weighted by atomic mass is 35.5. The van der Waals surface area contributed by atoms with E-state index in [4.69, 9.17) is 16.3 Å². The average molecular weight is 543 g/mol. The van der Waals surface area contributed by atoms with Crippen LogP contribution in [0.5, 0.6) is 0 Å². The molecule has 0 aliphatic carbocycles.